The summed E-state index contributed by atoms with van der Waals surface area (Å²) in [6.45, 7) is 5.78. The molecule has 30 heavy (non-hydrogen) atoms. The summed E-state index contributed by atoms with van der Waals surface area (Å²) in [6.07, 6.45) is 2.86. The van der Waals surface area contributed by atoms with E-state index in [1.54, 1.807) is 7.11 Å². The van der Waals surface area contributed by atoms with Gasteiger partial charge in [-0.1, -0.05) is 11.6 Å². The molecule has 7 nitrogen and oxygen atoms in total. The molecule has 0 radical (unpaired) electrons. The third-order valence-corrected chi connectivity index (χ3v) is 6.35. The van der Waals surface area contributed by atoms with E-state index in [0.29, 0.717) is 30.7 Å². The Hall–Kier alpha value is -1.84. The zero-order valence-electron chi connectivity index (χ0n) is 17.3. The van der Waals surface area contributed by atoms with Crippen LogP contribution in [0.4, 0.5) is 14.6 Å². The maximum Gasteiger partial charge on any atom is 0.319 e. The second kappa shape index (κ2) is 8.01. The van der Waals surface area contributed by atoms with Crippen LogP contribution < -0.4 is 10.1 Å². The van der Waals surface area contributed by atoms with Crippen LogP contribution in [0.25, 0.3) is 10.9 Å². The number of fused-ring (bicyclic) bond motifs is 2. The largest absolute Gasteiger partial charge is 0.461 e. The van der Waals surface area contributed by atoms with Gasteiger partial charge in [-0.05, 0) is 33.2 Å². The summed E-state index contributed by atoms with van der Waals surface area (Å²) < 4.78 is 40.0. The summed E-state index contributed by atoms with van der Waals surface area (Å²) in [4.78, 5) is 14.7. The van der Waals surface area contributed by atoms with E-state index >= 15 is 0 Å². The van der Waals surface area contributed by atoms with Crippen LogP contribution in [0.5, 0.6) is 6.01 Å². The quantitative estimate of drug-likeness (QED) is 0.658. The molecule has 2 fully saturated rings. The number of nitrogens with one attached hydrogen (secondary N) is 1. The predicted molar refractivity (Wildman–Crippen MR) is 110 cm³/mol. The van der Waals surface area contributed by atoms with Crippen LogP contribution in [0.15, 0.2) is 6.20 Å². The van der Waals surface area contributed by atoms with Crippen LogP contribution in [0.3, 0.4) is 0 Å². The first kappa shape index (κ1) is 21.4. The third-order valence-electron chi connectivity index (χ3n) is 6.09. The number of hydrogen-bond donors (Lipinski definition) is 1. The normalized spacial score (nSPS) is 24.4. The average Bonchev–Trinajstić information content (AvgIpc) is 3.23. The molecule has 0 bridgehead atoms. The van der Waals surface area contributed by atoms with Gasteiger partial charge in [0, 0.05) is 32.8 Å². The lowest BCUT2D eigenvalue weighted by Crippen LogP contribution is -2.43. The molecule has 4 rings (SSSR count). The SMILES string of the molecule is COC(C)(C)CNc1nc(OC[C@@]23CCCN2C[C@H](F)C3)nc2c(F)c(Cl)ncc12. The molecule has 10 heteroatoms. The van der Waals surface area contributed by atoms with Crippen molar-refractivity contribution >= 4 is 28.3 Å². The van der Waals surface area contributed by atoms with E-state index < -0.39 is 17.6 Å². The number of alkyl halides is 1. The third kappa shape index (κ3) is 4.02. The van der Waals surface area contributed by atoms with Gasteiger partial charge in [0.25, 0.3) is 0 Å². The van der Waals surface area contributed by atoms with Crippen LogP contribution in [-0.4, -0.2) is 70.5 Å². The average molecular weight is 442 g/mol. The molecule has 4 heterocycles. The minimum Gasteiger partial charge on any atom is -0.461 e. The molecule has 2 aromatic rings. The van der Waals surface area contributed by atoms with Gasteiger partial charge in [-0.25, -0.2) is 13.8 Å². The van der Waals surface area contributed by atoms with Gasteiger partial charge in [-0.3, -0.25) is 4.90 Å². The number of ether oxygens (including phenoxy) is 2. The van der Waals surface area contributed by atoms with E-state index in [9.17, 15) is 8.78 Å². The van der Waals surface area contributed by atoms with Gasteiger partial charge in [-0.2, -0.15) is 9.97 Å². The Kier molecular flexibility index (Phi) is 5.71. The van der Waals surface area contributed by atoms with Gasteiger partial charge in [0.2, 0.25) is 0 Å². The standard InChI is InChI=1S/C20H26ClF2N5O2/c1-19(2,29-3)10-25-17-13-8-24-16(21)14(23)15(13)26-18(27-17)30-11-20-5-4-6-28(20)9-12(22)7-20/h8,12H,4-7,9-11H2,1-3H3,(H,25,26,27)/t12-,20+/m1/s1. The number of methoxy groups -OCH3 is 1. The molecule has 2 aliphatic rings. The number of hydrogen-bond acceptors (Lipinski definition) is 7. The summed E-state index contributed by atoms with van der Waals surface area (Å²) in [7, 11) is 1.61. The zero-order chi connectivity index (χ0) is 21.5. The van der Waals surface area contributed by atoms with E-state index in [1.807, 2.05) is 13.8 Å². The van der Waals surface area contributed by atoms with E-state index in [2.05, 4.69) is 25.2 Å². The number of rotatable bonds is 7. The molecule has 0 unspecified atom stereocenters. The minimum atomic E-state index is -0.859. The summed E-state index contributed by atoms with van der Waals surface area (Å²) in [5.41, 5.74) is -0.800. The van der Waals surface area contributed by atoms with E-state index in [4.69, 9.17) is 21.1 Å². The summed E-state index contributed by atoms with van der Waals surface area (Å²) in [5, 5.41) is 3.29. The predicted octanol–water partition coefficient (Wildman–Crippen LogP) is 3.61. The Morgan fingerprint density at radius 1 is 1.40 bits per heavy atom. The van der Waals surface area contributed by atoms with Crippen molar-refractivity contribution in [3.05, 3.63) is 17.2 Å². The van der Waals surface area contributed by atoms with Crippen LogP contribution in [-0.2, 0) is 4.74 Å². The minimum absolute atomic E-state index is 0.0184. The molecule has 2 atom stereocenters. The van der Waals surface area contributed by atoms with Gasteiger partial charge < -0.3 is 14.8 Å². The van der Waals surface area contributed by atoms with Crippen LogP contribution in [0, 0.1) is 5.82 Å². The molecular formula is C20H26ClF2N5O2. The maximum atomic E-state index is 14.7. The Labute approximate surface area is 179 Å². The van der Waals surface area contributed by atoms with Gasteiger partial charge in [-0.15, -0.1) is 0 Å². The van der Waals surface area contributed by atoms with Crippen molar-refractivity contribution in [2.24, 2.45) is 0 Å². The highest BCUT2D eigenvalue weighted by Crippen LogP contribution is 2.40. The van der Waals surface area contributed by atoms with Crippen LogP contribution >= 0.6 is 11.6 Å². The van der Waals surface area contributed by atoms with Crippen molar-refractivity contribution < 1.29 is 18.3 Å². The molecule has 2 aromatic heterocycles. The van der Waals surface area contributed by atoms with Gasteiger partial charge in [0.15, 0.2) is 11.0 Å². The Balaban J connectivity index is 1.63. The van der Waals surface area contributed by atoms with E-state index in [-0.39, 0.29) is 28.8 Å². The van der Waals surface area contributed by atoms with Crippen molar-refractivity contribution in [2.75, 3.05) is 38.7 Å². The molecule has 0 amide bonds. The molecule has 0 saturated carbocycles. The van der Waals surface area contributed by atoms with Crippen LogP contribution in [0.2, 0.25) is 5.15 Å². The Morgan fingerprint density at radius 3 is 2.97 bits per heavy atom. The van der Waals surface area contributed by atoms with Gasteiger partial charge in [0.1, 0.15) is 24.1 Å². The van der Waals surface area contributed by atoms with Crippen molar-refractivity contribution in [1.82, 2.24) is 19.9 Å². The fourth-order valence-electron chi connectivity index (χ4n) is 4.23. The summed E-state index contributed by atoms with van der Waals surface area (Å²) in [5.74, 6) is -0.362. The molecule has 0 aliphatic carbocycles. The Morgan fingerprint density at radius 2 is 2.20 bits per heavy atom. The Bertz CT molecular complexity index is 947. The van der Waals surface area contributed by atoms with Crippen molar-refractivity contribution in [2.45, 2.75) is 50.4 Å². The first-order valence-corrected chi connectivity index (χ1v) is 10.4. The first-order valence-electron chi connectivity index (χ1n) is 10.1. The summed E-state index contributed by atoms with van der Waals surface area (Å²) >= 11 is 5.86. The lowest BCUT2D eigenvalue weighted by Gasteiger charge is -2.30. The number of aromatic nitrogens is 3. The highest BCUT2D eigenvalue weighted by molar-refractivity contribution is 6.30. The fourth-order valence-corrected chi connectivity index (χ4v) is 4.37. The first-order chi connectivity index (χ1) is 14.2. The molecule has 1 N–H and O–H groups in total. The molecular weight excluding hydrogens is 416 g/mol. The molecule has 164 valence electrons. The van der Waals surface area contributed by atoms with Crippen molar-refractivity contribution in [3.8, 4) is 6.01 Å². The summed E-state index contributed by atoms with van der Waals surface area (Å²) in [6, 6.07) is 0.0184. The number of halogens is 3. The smallest absolute Gasteiger partial charge is 0.319 e. The molecule has 0 aromatic carbocycles. The van der Waals surface area contributed by atoms with E-state index in [0.717, 1.165) is 19.4 Å². The monoisotopic (exact) mass is 441 g/mol. The maximum absolute atomic E-state index is 14.7. The van der Waals surface area contributed by atoms with Gasteiger partial charge in [0.05, 0.1) is 16.5 Å². The highest BCUT2D eigenvalue weighted by Gasteiger charge is 2.49. The highest BCUT2D eigenvalue weighted by atomic mass is 35.5. The molecule has 2 aliphatic heterocycles. The van der Waals surface area contributed by atoms with Gasteiger partial charge >= 0.3 is 6.01 Å². The van der Waals surface area contributed by atoms with Crippen molar-refractivity contribution in [3.63, 3.8) is 0 Å². The second-order valence-corrected chi connectivity index (χ2v) is 9.02. The second-order valence-electron chi connectivity index (χ2n) is 8.66. The lowest BCUT2D eigenvalue weighted by molar-refractivity contribution is 0.0343. The molecule has 2 saturated heterocycles. The van der Waals surface area contributed by atoms with Crippen molar-refractivity contribution in [1.29, 1.82) is 0 Å². The van der Waals surface area contributed by atoms with E-state index in [1.165, 1.54) is 6.20 Å². The number of nitrogens with zero attached hydrogens (tertiary/aromatic N) is 4. The van der Waals surface area contributed by atoms with Crippen LogP contribution in [0.1, 0.15) is 33.1 Å². The topological polar surface area (TPSA) is 72.4 Å². The number of pyridine rings is 1. The molecule has 0 spiro atoms. The zero-order valence-corrected chi connectivity index (χ0v) is 18.1. The lowest BCUT2D eigenvalue weighted by atomic mass is 9.95. The fraction of sp³-hybridized carbons (Fsp3) is 0.650. The number of anilines is 1.